The summed E-state index contributed by atoms with van der Waals surface area (Å²) in [6, 6.07) is -0.905. The fourth-order valence-electron chi connectivity index (χ4n) is 9.89. The first-order chi connectivity index (χ1) is 42.4. The van der Waals surface area contributed by atoms with Gasteiger partial charge in [-0.15, -0.1) is 0 Å². The van der Waals surface area contributed by atoms with Gasteiger partial charge < -0.3 is 28.5 Å². The van der Waals surface area contributed by atoms with Gasteiger partial charge in [0.2, 0.25) is 5.91 Å². The molecule has 1 amide bonds. The van der Waals surface area contributed by atoms with Crippen molar-refractivity contribution in [2.75, 3.05) is 40.9 Å². The van der Waals surface area contributed by atoms with Crippen LogP contribution in [0.15, 0.2) is 122 Å². The summed E-state index contributed by atoms with van der Waals surface area (Å²) in [7, 11) is 1.16. The first-order valence-corrected chi connectivity index (χ1v) is 37.3. The van der Waals surface area contributed by atoms with E-state index in [4.69, 9.17) is 13.8 Å². The van der Waals surface area contributed by atoms with Crippen LogP contribution >= 0.6 is 7.82 Å². The quantitative estimate of drug-likeness (QED) is 0.0212. The highest BCUT2D eigenvalue weighted by Gasteiger charge is 2.27. The van der Waals surface area contributed by atoms with Gasteiger partial charge in [0.05, 0.1) is 33.8 Å². The molecule has 9 nitrogen and oxygen atoms in total. The van der Waals surface area contributed by atoms with Crippen molar-refractivity contribution in [3.8, 4) is 0 Å². The van der Waals surface area contributed by atoms with Crippen LogP contribution in [0, 0.1) is 0 Å². The number of likely N-dealkylation sites (N-methyl/N-ethyl adjacent to an activating group) is 1. The predicted molar refractivity (Wildman–Crippen MR) is 376 cm³/mol. The maximum absolute atomic E-state index is 13.6. The average molecular weight is 1230 g/mol. The molecular weight excluding hydrogens is 1100 g/mol. The molecule has 87 heavy (non-hydrogen) atoms. The Hall–Kier alpha value is -3.59. The Morgan fingerprint density at radius 2 is 0.736 bits per heavy atom. The smallest absolute Gasteiger partial charge is 0.306 e. The summed E-state index contributed by atoms with van der Waals surface area (Å²) in [6.07, 6.45) is 91.7. The molecule has 0 radical (unpaired) electrons. The molecule has 0 saturated carbocycles. The minimum Gasteiger partial charge on any atom is -0.756 e. The highest BCUT2D eigenvalue weighted by atomic mass is 31.2. The van der Waals surface area contributed by atoms with E-state index >= 15 is 0 Å². The van der Waals surface area contributed by atoms with Crippen LogP contribution in [0.5, 0.6) is 0 Å². The summed E-state index contributed by atoms with van der Waals surface area (Å²) in [5, 5.41) is 3.04. The van der Waals surface area contributed by atoms with Crippen LogP contribution in [-0.4, -0.2) is 69.4 Å². The molecule has 3 atom stereocenters. The van der Waals surface area contributed by atoms with Crippen molar-refractivity contribution < 1.29 is 37.3 Å². The number of hydrogen-bond acceptors (Lipinski definition) is 7. The second-order valence-corrected chi connectivity index (χ2v) is 26.4. The van der Waals surface area contributed by atoms with E-state index in [-0.39, 0.29) is 24.9 Å². The molecule has 0 aromatic carbocycles. The van der Waals surface area contributed by atoms with Gasteiger partial charge in [0.1, 0.15) is 19.3 Å². The Kier molecular flexibility index (Phi) is 62.7. The summed E-state index contributed by atoms with van der Waals surface area (Å²) >= 11 is 0. The molecule has 3 unspecified atom stereocenters. The number of phosphoric ester groups is 1. The Balaban J connectivity index is 5.15. The summed E-state index contributed by atoms with van der Waals surface area (Å²) in [5.41, 5.74) is 0. The SMILES string of the molecule is CC/C=C\C/C=C\C/C=C\C/C=C\C/C=C\C/C=C\CCCCCCCCCCC(=O)OC(/C=C\CCCCCCCCCCCCC)C(COP(=O)([O-])OCC[N+](C)(C)C)NC(=O)CCCCCCCCCC/C=C\C/C=C\C/C=C\CCCCC. The van der Waals surface area contributed by atoms with Gasteiger partial charge in [0, 0.05) is 12.8 Å². The summed E-state index contributed by atoms with van der Waals surface area (Å²) in [5.74, 6) is -0.559. The van der Waals surface area contributed by atoms with Gasteiger partial charge in [-0.05, 0) is 122 Å². The van der Waals surface area contributed by atoms with E-state index in [0.29, 0.717) is 23.9 Å². The summed E-state index contributed by atoms with van der Waals surface area (Å²) in [6.45, 7) is 6.70. The normalized spacial score (nSPS) is 14.2. The Bertz CT molecular complexity index is 1900. The lowest BCUT2D eigenvalue weighted by molar-refractivity contribution is -0.870. The lowest BCUT2D eigenvalue weighted by Gasteiger charge is -2.30. The molecule has 0 bridgehead atoms. The number of esters is 1. The number of quaternary nitrogens is 1. The van der Waals surface area contributed by atoms with Crippen LogP contribution in [0.3, 0.4) is 0 Å². The zero-order valence-electron chi connectivity index (χ0n) is 57.2. The van der Waals surface area contributed by atoms with E-state index in [1.54, 1.807) is 0 Å². The van der Waals surface area contributed by atoms with Crippen LogP contribution in [0.1, 0.15) is 303 Å². The number of rotatable bonds is 64. The molecule has 0 spiro atoms. The van der Waals surface area contributed by atoms with E-state index < -0.39 is 26.6 Å². The summed E-state index contributed by atoms with van der Waals surface area (Å²) in [4.78, 5) is 40.2. The minimum atomic E-state index is -4.72. The number of phosphoric acid groups is 1. The van der Waals surface area contributed by atoms with Crippen molar-refractivity contribution in [2.45, 2.75) is 315 Å². The van der Waals surface area contributed by atoms with Crippen molar-refractivity contribution >= 4 is 19.7 Å². The van der Waals surface area contributed by atoms with Crippen molar-refractivity contribution in [1.82, 2.24) is 5.32 Å². The number of nitrogens with one attached hydrogen (secondary N) is 1. The van der Waals surface area contributed by atoms with Crippen molar-refractivity contribution in [3.63, 3.8) is 0 Å². The second-order valence-electron chi connectivity index (χ2n) is 25.0. The molecule has 500 valence electrons. The number of unbranched alkanes of at least 4 members (excludes halogenated alkanes) is 30. The largest absolute Gasteiger partial charge is 0.756 e. The molecule has 0 aromatic heterocycles. The zero-order valence-corrected chi connectivity index (χ0v) is 58.1. The van der Waals surface area contributed by atoms with Crippen molar-refractivity contribution in [3.05, 3.63) is 122 Å². The van der Waals surface area contributed by atoms with Crippen molar-refractivity contribution in [1.29, 1.82) is 0 Å². The van der Waals surface area contributed by atoms with E-state index in [9.17, 15) is 19.0 Å². The molecule has 10 heteroatoms. The van der Waals surface area contributed by atoms with Gasteiger partial charge in [-0.25, -0.2) is 0 Å². The van der Waals surface area contributed by atoms with Crippen LogP contribution in [-0.2, 0) is 27.9 Å². The molecule has 1 N–H and O–H groups in total. The molecule has 0 aromatic rings. The highest BCUT2D eigenvalue weighted by Crippen LogP contribution is 2.38. The van der Waals surface area contributed by atoms with E-state index in [1.165, 1.54) is 135 Å². The molecule has 0 fully saturated rings. The Labute approximate surface area is 537 Å². The van der Waals surface area contributed by atoms with Crippen LogP contribution < -0.4 is 10.2 Å². The topological polar surface area (TPSA) is 114 Å². The molecule has 0 rings (SSSR count). The third-order valence-electron chi connectivity index (χ3n) is 15.4. The number of carbonyl (C=O) groups excluding carboxylic acids is 2. The Morgan fingerprint density at radius 3 is 1.13 bits per heavy atom. The molecular formula is C77H135N2O7P. The number of allylic oxidation sites excluding steroid dienone is 19. The maximum Gasteiger partial charge on any atom is 0.306 e. The lowest BCUT2D eigenvalue weighted by atomic mass is 10.0. The minimum absolute atomic E-state index is 0.0308. The summed E-state index contributed by atoms with van der Waals surface area (Å²) < 4.78 is 30.5. The fourth-order valence-corrected chi connectivity index (χ4v) is 10.6. The highest BCUT2D eigenvalue weighted by molar-refractivity contribution is 7.45. The molecule has 0 saturated heterocycles. The maximum atomic E-state index is 13.6. The van der Waals surface area contributed by atoms with Gasteiger partial charge in [0.25, 0.3) is 7.82 Å². The molecule has 0 heterocycles. The first-order valence-electron chi connectivity index (χ1n) is 35.8. The number of ether oxygens (including phenoxy) is 1. The van der Waals surface area contributed by atoms with Crippen LogP contribution in [0.4, 0.5) is 0 Å². The third-order valence-corrected chi connectivity index (χ3v) is 16.3. The monoisotopic (exact) mass is 1230 g/mol. The Morgan fingerprint density at radius 1 is 0.414 bits per heavy atom. The number of carbonyl (C=O) groups is 2. The number of nitrogens with zero attached hydrogens (tertiary/aromatic N) is 1. The standard InChI is InChI=1S/C77H135N2O7P/c1-7-10-13-16-19-22-25-28-30-32-34-36-37-38-39-40-41-43-45-47-49-52-55-58-61-64-67-70-77(81)86-75(68-65-62-59-56-53-50-27-24-21-18-15-12-9-3)74(73-85-87(82,83)84-72-71-79(4,5)6)78-76(80)69-66-63-60-57-54-51-48-46-44-42-35-33-31-29-26-23-20-17-14-11-8-2/h10,13,19-20,22-23,28-31,34-36,38-39,41-43,65,68,74-75H,7-9,11-12,14-18,21,24-27,32-33,37,40,44-64,66-67,69-73H2,1-6H3,(H-,78,80,82,83)/b13-10-,22-19-,23-20-,30-28-,31-29-,36-34-,39-38-,42-35-,43-41-,68-65-. The van der Waals surface area contributed by atoms with Gasteiger partial charge in [0.15, 0.2) is 0 Å². The van der Waals surface area contributed by atoms with Crippen LogP contribution in [0.2, 0.25) is 0 Å². The molecule has 0 aliphatic carbocycles. The van der Waals surface area contributed by atoms with Gasteiger partial charge in [-0.1, -0.05) is 290 Å². The van der Waals surface area contributed by atoms with E-state index in [0.717, 1.165) is 128 Å². The van der Waals surface area contributed by atoms with Gasteiger partial charge >= 0.3 is 5.97 Å². The number of amides is 1. The van der Waals surface area contributed by atoms with E-state index in [2.05, 4.69) is 135 Å². The van der Waals surface area contributed by atoms with E-state index in [1.807, 2.05) is 33.3 Å². The number of hydrogen-bond donors (Lipinski definition) is 1. The van der Waals surface area contributed by atoms with Crippen LogP contribution in [0.25, 0.3) is 0 Å². The van der Waals surface area contributed by atoms with Gasteiger partial charge in [-0.3, -0.25) is 14.2 Å². The van der Waals surface area contributed by atoms with Gasteiger partial charge in [-0.2, -0.15) is 0 Å². The predicted octanol–water partition coefficient (Wildman–Crippen LogP) is 22.4. The third kappa shape index (κ3) is 66.7. The average Bonchev–Trinajstić information content (AvgIpc) is 3.70. The zero-order chi connectivity index (χ0) is 63.5. The van der Waals surface area contributed by atoms with Crippen molar-refractivity contribution in [2.24, 2.45) is 0 Å². The molecule has 0 aliphatic rings. The second kappa shape index (κ2) is 65.4. The first kappa shape index (κ1) is 83.4. The molecule has 0 aliphatic heterocycles. The lowest BCUT2D eigenvalue weighted by Crippen LogP contribution is -2.47. The fraction of sp³-hybridized carbons (Fsp3) is 0.714.